The molecular formula is C17H12N2O5S. The molecule has 1 saturated heterocycles. The molecule has 25 heavy (non-hydrogen) atoms. The van der Waals surface area contributed by atoms with Gasteiger partial charge in [0.25, 0.3) is 11.1 Å². The molecule has 126 valence electrons. The SMILES string of the molecule is O=C1S/C(=C\c2ccc(O)c([N+](=O)[O-])c2)C(=O)N1Cc1ccccc1. The third kappa shape index (κ3) is 3.53. The summed E-state index contributed by atoms with van der Waals surface area (Å²) in [6.45, 7) is 0.165. The van der Waals surface area contributed by atoms with Crippen LogP contribution in [0.5, 0.6) is 5.75 Å². The molecule has 0 aliphatic carbocycles. The van der Waals surface area contributed by atoms with Crippen molar-refractivity contribution in [3.63, 3.8) is 0 Å². The van der Waals surface area contributed by atoms with Crippen molar-refractivity contribution >= 4 is 34.7 Å². The van der Waals surface area contributed by atoms with Crippen LogP contribution in [0, 0.1) is 10.1 Å². The van der Waals surface area contributed by atoms with Crippen molar-refractivity contribution in [2.24, 2.45) is 0 Å². The topological polar surface area (TPSA) is 101 Å². The zero-order valence-corrected chi connectivity index (χ0v) is 13.6. The fraction of sp³-hybridized carbons (Fsp3) is 0.0588. The normalized spacial score (nSPS) is 15.8. The molecule has 0 saturated carbocycles. The van der Waals surface area contributed by atoms with E-state index in [9.17, 15) is 24.8 Å². The van der Waals surface area contributed by atoms with Gasteiger partial charge in [0, 0.05) is 6.07 Å². The molecule has 1 fully saturated rings. The maximum atomic E-state index is 12.4. The van der Waals surface area contributed by atoms with Crippen LogP contribution in [-0.4, -0.2) is 26.1 Å². The van der Waals surface area contributed by atoms with Crippen LogP contribution in [-0.2, 0) is 11.3 Å². The fourth-order valence-corrected chi connectivity index (χ4v) is 3.17. The van der Waals surface area contributed by atoms with Crippen LogP contribution in [0.2, 0.25) is 0 Å². The van der Waals surface area contributed by atoms with E-state index < -0.39 is 27.5 Å². The second-order valence-corrected chi connectivity index (χ2v) is 6.25. The molecule has 0 bridgehead atoms. The maximum absolute atomic E-state index is 12.4. The van der Waals surface area contributed by atoms with E-state index in [4.69, 9.17) is 0 Å². The van der Waals surface area contributed by atoms with Crippen LogP contribution in [0.1, 0.15) is 11.1 Å². The molecule has 3 rings (SSSR count). The minimum atomic E-state index is -0.714. The van der Waals surface area contributed by atoms with Gasteiger partial charge >= 0.3 is 5.69 Å². The summed E-state index contributed by atoms with van der Waals surface area (Å²) in [5, 5.41) is 19.9. The van der Waals surface area contributed by atoms with Gasteiger partial charge in [0.2, 0.25) is 0 Å². The van der Waals surface area contributed by atoms with Crippen LogP contribution in [0.15, 0.2) is 53.4 Å². The molecule has 7 nitrogen and oxygen atoms in total. The van der Waals surface area contributed by atoms with Crippen molar-refractivity contribution in [3.8, 4) is 5.75 Å². The molecule has 0 atom stereocenters. The molecule has 0 aromatic heterocycles. The molecule has 1 N–H and O–H groups in total. The molecule has 2 aromatic carbocycles. The highest BCUT2D eigenvalue weighted by atomic mass is 32.2. The Morgan fingerprint density at radius 1 is 1.16 bits per heavy atom. The lowest BCUT2D eigenvalue weighted by Crippen LogP contribution is -2.27. The van der Waals surface area contributed by atoms with Gasteiger partial charge in [-0.3, -0.25) is 24.6 Å². The Bertz CT molecular complexity index is 895. The van der Waals surface area contributed by atoms with Gasteiger partial charge in [-0.25, -0.2) is 0 Å². The highest BCUT2D eigenvalue weighted by molar-refractivity contribution is 8.18. The first-order chi connectivity index (χ1) is 12.0. The van der Waals surface area contributed by atoms with Crippen LogP contribution >= 0.6 is 11.8 Å². The van der Waals surface area contributed by atoms with E-state index in [1.165, 1.54) is 18.2 Å². The predicted molar refractivity (Wildman–Crippen MR) is 92.7 cm³/mol. The number of imide groups is 1. The number of amides is 2. The maximum Gasteiger partial charge on any atom is 0.311 e. The lowest BCUT2D eigenvalue weighted by atomic mass is 10.1. The smallest absolute Gasteiger partial charge is 0.311 e. The Balaban J connectivity index is 1.85. The van der Waals surface area contributed by atoms with Crippen LogP contribution in [0.25, 0.3) is 6.08 Å². The van der Waals surface area contributed by atoms with Gasteiger partial charge in [0.05, 0.1) is 16.4 Å². The average Bonchev–Trinajstić information content (AvgIpc) is 2.85. The first kappa shape index (κ1) is 16.7. The van der Waals surface area contributed by atoms with Gasteiger partial charge in [-0.2, -0.15) is 0 Å². The van der Waals surface area contributed by atoms with E-state index in [2.05, 4.69) is 0 Å². The number of carbonyl (C=O) groups excluding carboxylic acids is 2. The lowest BCUT2D eigenvalue weighted by molar-refractivity contribution is -0.385. The van der Waals surface area contributed by atoms with E-state index in [0.29, 0.717) is 5.56 Å². The number of hydrogen-bond donors (Lipinski definition) is 1. The number of nitro benzene ring substituents is 1. The average molecular weight is 356 g/mol. The second kappa shape index (κ2) is 6.78. The minimum absolute atomic E-state index is 0.165. The number of nitrogens with zero attached hydrogens (tertiary/aromatic N) is 2. The highest BCUT2D eigenvalue weighted by Crippen LogP contribution is 2.34. The van der Waals surface area contributed by atoms with Crippen molar-refractivity contribution in [2.45, 2.75) is 6.54 Å². The van der Waals surface area contributed by atoms with Crippen molar-refractivity contribution in [1.82, 2.24) is 4.90 Å². The fourth-order valence-electron chi connectivity index (χ4n) is 2.33. The van der Waals surface area contributed by atoms with E-state index in [1.54, 1.807) is 0 Å². The zero-order chi connectivity index (χ0) is 18.0. The monoisotopic (exact) mass is 356 g/mol. The number of nitro groups is 1. The molecular weight excluding hydrogens is 344 g/mol. The molecule has 0 radical (unpaired) electrons. The Kier molecular flexibility index (Phi) is 4.53. The second-order valence-electron chi connectivity index (χ2n) is 5.26. The van der Waals surface area contributed by atoms with Gasteiger partial charge in [-0.15, -0.1) is 0 Å². The Labute approximate surface area is 146 Å². The Hall–Kier alpha value is -3.13. The summed E-state index contributed by atoms with van der Waals surface area (Å²) in [5.41, 5.74) is 0.721. The molecule has 0 spiro atoms. The summed E-state index contributed by atoms with van der Waals surface area (Å²) >= 11 is 0.781. The summed E-state index contributed by atoms with van der Waals surface area (Å²) in [4.78, 5) is 36.0. The van der Waals surface area contributed by atoms with E-state index in [1.807, 2.05) is 30.3 Å². The number of phenolic OH excluding ortho intramolecular Hbond substituents is 1. The third-order valence-corrected chi connectivity index (χ3v) is 4.46. The van der Waals surface area contributed by atoms with Crippen LogP contribution in [0.3, 0.4) is 0 Å². The van der Waals surface area contributed by atoms with Crippen molar-refractivity contribution < 1.29 is 19.6 Å². The summed E-state index contributed by atoms with van der Waals surface area (Å²) in [6, 6.07) is 12.9. The van der Waals surface area contributed by atoms with Crippen LogP contribution in [0.4, 0.5) is 10.5 Å². The minimum Gasteiger partial charge on any atom is -0.502 e. The first-order valence-electron chi connectivity index (χ1n) is 7.22. The lowest BCUT2D eigenvalue weighted by Gasteiger charge is -2.12. The molecule has 0 unspecified atom stereocenters. The number of rotatable bonds is 4. The Morgan fingerprint density at radius 2 is 1.88 bits per heavy atom. The van der Waals surface area contributed by atoms with Crippen LogP contribution < -0.4 is 0 Å². The number of phenols is 1. The van der Waals surface area contributed by atoms with Crippen molar-refractivity contribution in [3.05, 3.63) is 74.7 Å². The summed E-state index contributed by atoms with van der Waals surface area (Å²) in [5.74, 6) is -0.908. The molecule has 2 aromatic rings. The zero-order valence-electron chi connectivity index (χ0n) is 12.8. The predicted octanol–water partition coefficient (Wildman–Crippen LogP) is 3.54. The Morgan fingerprint density at radius 3 is 2.56 bits per heavy atom. The van der Waals surface area contributed by atoms with Gasteiger partial charge in [0.1, 0.15) is 0 Å². The molecule has 8 heteroatoms. The van der Waals surface area contributed by atoms with Gasteiger partial charge in [-0.05, 0) is 35.0 Å². The molecule has 2 amide bonds. The number of carbonyl (C=O) groups is 2. The molecule has 1 aliphatic heterocycles. The number of thioether (sulfide) groups is 1. The first-order valence-corrected chi connectivity index (χ1v) is 8.04. The number of benzene rings is 2. The largest absolute Gasteiger partial charge is 0.502 e. The summed E-state index contributed by atoms with van der Waals surface area (Å²) in [7, 11) is 0. The van der Waals surface area contributed by atoms with Gasteiger partial charge < -0.3 is 5.11 Å². The van der Waals surface area contributed by atoms with E-state index >= 15 is 0 Å². The van der Waals surface area contributed by atoms with Crippen molar-refractivity contribution in [1.29, 1.82) is 0 Å². The van der Waals surface area contributed by atoms with Gasteiger partial charge in [0.15, 0.2) is 5.75 Å². The number of aromatic hydroxyl groups is 1. The quantitative estimate of drug-likeness (QED) is 0.511. The highest BCUT2D eigenvalue weighted by Gasteiger charge is 2.35. The standard InChI is InChI=1S/C17H12N2O5S/c20-14-7-6-12(8-13(14)19(23)24)9-15-16(21)18(17(22)25-15)10-11-4-2-1-3-5-11/h1-9,20H,10H2/b15-9-. The van der Waals surface area contributed by atoms with Gasteiger partial charge in [-0.1, -0.05) is 36.4 Å². The summed E-state index contributed by atoms with van der Waals surface area (Å²) in [6.07, 6.45) is 1.41. The van der Waals surface area contributed by atoms with E-state index in [0.717, 1.165) is 28.3 Å². The third-order valence-electron chi connectivity index (χ3n) is 3.55. The molecule has 1 heterocycles. The van der Waals surface area contributed by atoms with E-state index in [-0.39, 0.29) is 11.4 Å². The number of hydrogen-bond acceptors (Lipinski definition) is 6. The summed E-state index contributed by atoms with van der Waals surface area (Å²) < 4.78 is 0. The molecule has 1 aliphatic rings. The van der Waals surface area contributed by atoms with Crippen molar-refractivity contribution in [2.75, 3.05) is 0 Å².